The third kappa shape index (κ3) is 3.93. The minimum atomic E-state index is 0.745. The maximum Gasteiger partial charge on any atom is 0.0250 e. The van der Waals surface area contributed by atoms with E-state index < -0.39 is 0 Å². The van der Waals surface area contributed by atoms with Crippen LogP contribution >= 0.6 is 0 Å². The van der Waals surface area contributed by atoms with Crippen molar-refractivity contribution in [3.63, 3.8) is 0 Å². The molecule has 2 fully saturated rings. The highest BCUT2D eigenvalue weighted by molar-refractivity contribution is 4.92. The van der Waals surface area contributed by atoms with Crippen LogP contribution < -0.4 is 5.32 Å². The van der Waals surface area contributed by atoms with E-state index in [1.54, 1.807) is 0 Å². The zero-order valence-electron chi connectivity index (χ0n) is 13.2. The van der Waals surface area contributed by atoms with Gasteiger partial charge in [0, 0.05) is 37.8 Å². The summed E-state index contributed by atoms with van der Waals surface area (Å²) in [7, 11) is 2.29. The Balaban J connectivity index is 1.93. The van der Waals surface area contributed by atoms with Crippen LogP contribution in [0, 0.1) is 0 Å². The molecule has 2 aliphatic rings. The fourth-order valence-electron chi connectivity index (χ4n) is 3.83. The molecule has 3 unspecified atom stereocenters. The van der Waals surface area contributed by atoms with Crippen LogP contribution in [-0.4, -0.2) is 61.2 Å². The first kappa shape index (κ1) is 15.3. The Morgan fingerprint density at radius 2 is 1.89 bits per heavy atom. The van der Waals surface area contributed by atoms with Crippen molar-refractivity contribution in [1.82, 2.24) is 15.1 Å². The van der Waals surface area contributed by atoms with Gasteiger partial charge in [-0.05, 0) is 39.3 Å². The number of nitrogens with zero attached hydrogens (tertiary/aromatic N) is 2. The summed E-state index contributed by atoms with van der Waals surface area (Å²) >= 11 is 0. The van der Waals surface area contributed by atoms with Gasteiger partial charge < -0.3 is 10.2 Å². The van der Waals surface area contributed by atoms with Gasteiger partial charge in [-0.1, -0.05) is 26.7 Å². The van der Waals surface area contributed by atoms with E-state index in [4.69, 9.17) is 0 Å². The van der Waals surface area contributed by atoms with Gasteiger partial charge in [0.15, 0.2) is 0 Å². The Hall–Kier alpha value is -0.120. The second kappa shape index (κ2) is 7.61. The zero-order chi connectivity index (χ0) is 13.7. The first-order valence-electron chi connectivity index (χ1n) is 8.44. The van der Waals surface area contributed by atoms with Crippen molar-refractivity contribution in [1.29, 1.82) is 0 Å². The fraction of sp³-hybridized carbons (Fsp3) is 1.00. The second-order valence-corrected chi connectivity index (χ2v) is 6.45. The summed E-state index contributed by atoms with van der Waals surface area (Å²) in [4.78, 5) is 5.34. The predicted molar refractivity (Wildman–Crippen MR) is 82.6 cm³/mol. The summed E-state index contributed by atoms with van der Waals surface area (Å²) in [5.74, 6) is 0. The first-order valence-corrected chi connectivity index (χ1v) is 8.44. The summed E-state index contributed by atoms with van der Waals surface area (Å²) in [5, 5.41) is 3.81. The lowest BCUT2D eigenvalue weighted by Crippen LogP contribution is -2.59. The average molecular weight is 267 g/mol. The molecule has 2 rings (SSSR count). The molecule has 0 amide bonds. The minimum absolute atomic E-state index is 0.745. The predicted octanol–water partition coefficient (Wildman–Crippen LogP) is 2.32. The number of hydrogen-bond acceptors (Lipinski definition) is 3. The Morgan fingerprint density at radius 1 is 1.11 bits per heavy atom. The number of piperazine rings is 1. The Morgan fingerprint density at radius 3 is 2.63 bits per heavy atom. The van der Waals surface area contributed by atoms with Crippen LogP contribution in [0.2, 0.25) is 0 Å². The highest BCUT2D eigenvalue weighted by Gasteiger charge is 2.33. The molecular weight excluding hydrogens is 234 g/mol. The summed E-state index contributed by atoms with van der Waals surface area (Å²) in [5.41, 5.74) is 0. The molecule has 1 aliphatic heterocycles. The summed E-state index contributed by atoms with van der Waals surface area (Å²) in [6, 6.07) is 2.31. The Labute approximate surface area is 119 Å². The van der Waals surface area contributed by atoms with Gasteiger partial charge in [0.05, 0.1) is 0 Å². The van der Waals surface area contributed by atoms with Crippen molar-refractivity contribution in [3.05, 3.63) is 0 Å². The van der Waals surface area contributed by atoms with Gasteiger partial charge >= 0.3 is 0 Å². The highest BCUT2D eigenvalue weighted by Crippen LogP contribution is 2.25. The molecule has 1 N–H and O–H groups in total. The summed E-state index contributed by atoms with van der Waals surface area (Å²) < 4.78 is 0. The van der Waals surface area contributed by atoms with Crippen LogP contribution in [0.3, 0.4) is 0 Å². The largest absolute Gasteiger partial charge is 0.312 e. The molecule has 1 heterocycles. The lowest BCUT2D eigenvalue weighted by atomic mass is 9.88. The van der Waals surface area contributed by atoms with Crippen LogP contribution in [0.25, 0.3) is 0 Å². The van der Waals surface area contributed by atoms with E-state index in [1.807, 2.05) is 0 Å². The van der Waals surface area contributed by atoms with Crippen LogP contribution in [0.15, 0.2) is 0 Å². The quantitative estimate of drug-likeness (QED) is 0.825. The summed E-state index contributed by atoms with van der Waals surface area (Å²) in [6.07, 6.45) is 8.17. The maximum absolute atomic E-state index is 3.81. The third-order valence-corrected chi connectivity index (χ3v) is 5.13. The molecule has 0 aromatic rings. The SMILES string of the molecule is CCCNC1CCCCC1N1CCN(C)C(CC)C1. The number of likely N-dealkylation sites (N-methyl/N-ethyl adjacent to an activating group) is 1. The smallest absolute Gasteiger partial charge is 0.0250 e. The lowest BCUT2D eigenvalue weighted by molar-refractivity contribution is 0.0356. The third-order valence-electron chi connectivity index (χ3n) is 5.13. The minimum Gasteiger partial charge on any atom is -0.312 e. The van der Waals surface area contributed by atoms with Crippen molar-refractivity contribution in [3.8, 4) is 0 Å². The number of hydrogen-bond donors (Lipinski definition) is 1. The van der Waals surface area contributed by atoms with Crippen LogP contribution in [-0.2, 0) is 0 Å². The lowest BCUT2D eigenvalue weighted by Gasteiger charge is -2.47. The molecule has 0 spiro atoms. The molecule has 0 bridgehead atoms. The molecule has 112 valence electrons. The number of nitrogens with one attached hydrogen (secondary N) is 1. The van der Waals surface area contributed by atoms with Crippen LogP contribution in [0.5, 0.6) is 0 Å². The van der Waals surface area contributed by atoms with Crippen molar-refractivity contribution in [2.75, 3.05) is 33.2 Å². The van der Waals surface area contributed by atoms with E-state index >= 15 is 0 Å². The maximum atomic E-state index is 3.81. The van der Waals surface area contributed by atoms with E-state index in [1.165, 1.54) is 64.7 Å². The molecule has 1 saturated heterocycles. The standard InChI is InChI=1S/C16H33N3/c1-4-10-17-15-8-6-7-9-16(15)19-12-11-18(3)14(5-2)13-19/h14-17H,4-13H2,1-3H3. The van der Waals surface area contributed by atoms with E-state index in [-0.39, 0.29) is 0 Å². The Bertz CT molecular complexity index is 256. The van der Waals surface area contributed by atoms with Gasteiger partial charge in [-0.25, -0.2) is 0 Å². The van der Waals surface area contributed by atoms with Gasteiger partial charge in [-0.3, -0.25) is 4.90 Å². The van der Waals surface area contributed by atoms with E-state index in [0.29, 0.717) is 0 Å². The Kier molecular flexibility index (Phi) is 6.11. The van der Waals surface area contributed by atoms with Gasteiger partial charge in [0.1, 0.15) is 0 Å². The van der Waals surface area contributed by atoms with Crippen LogP contribution in [0.4, 0.5) is 0 Å². The molecule has 1 aliphatic carbocycles. The molecule has 3 atom stereocenters. The topological polar surface area (TPSA) is 18.5 Å². The average Bonchev–Trinajstić information content (AvgIpc) is 2.46. The van der Waals surface area contributed by atoms with Crippen molar-refractivity contribution in [2.24, 2.45) is 0 Å². The molecule has 3 nitrogen and oxygen atoms in total. The van der Waals surface area contributed by atoms with E-state index in [0.717, 1.165) is 18.1 Å². The molecular formula is C16H33N3. The zero-order valence-corrected chi connectivity index (χ0v) is 13.2. The van der Waals surface area contributed by atoms with Gasteiger partial charge in [0.25, 0.3) is 0 Å². The normalized spacial score (nSPS) is 34.6. The number of rotatable bonds is 5. The van der Waals surface area contributed by atoms with Gasteiger partial charge in [0.2, 0.25) is 0 Å². The van der Waals surface area contributed by atoms with Crippen molar-refractivity contribution >= 4 is 0 Å². The molecule has 3 heteroatoms. The van der Waals surface area contributed by atoms with E-state index in [2.05, 4.69) is 36.0 Å². The molecule has 0 aromatic heterocycles. The summed E-state index contributed by atoms with van der Waals surface area (Å²) in [6.45, 7) is 9.58. The monoisotopic (exact) mass is 267 g/mol. The van der Waals surface area contributed by atoms with E-state index in [9.17, 15) is 0 Å². The molecule has 0 radical (unpaired) electrons. The highest BCUT2D eigenvalue weighted by atomic mass is 15.3. The van der Waals surface area contributed by atoms with Crippen molar-refractivity contribution in [2.45, 2.75) is 70.5 Å². The molecule has 0 aromatic carbocycles. The van der Waals surface area contributed by atoms with Gasteiger partial charge in [-0.15, -0.1) is 0 Å². The molecule has 19 heavy (non-hydrogen) atoms. The fourth-order valence-corrected chi connectivity index (χ4v) is 3.83. The van der Waals surface area contributed by atoms with Gasteiger partial charge in [-0.2, -0.15) is 0 Å². The van der Waals surface area contributed by atoms with Crippen molar-refractivity contribution < 1.29 is 0 Å². The second-order valence-electron chi connectivity index (χ2n) is 6.45. The molecule has 1 saturated carbocycles. The van der Waals surface area contributed by atoms with Crippen LogP contribution in [0.1, 0.15) is 52.4 Å². The first-order chi connectivity index (χ1) is 9.26.